The van der Waals surface area contributed by atoms with E-state index in [2.05, 4.69) is 10.2 Å². The zero-order valence-electron chi connectivity index (χ0n) is 16.7. The van der Waals surface area contributed by atoms with E-state index in [9.17, 15) is 18.0 Å². The molecule has 1 amide bonds. The molecule has 0 radical (unpaired) electrons. The first kappa shape index (κ1) is 20.9. The number of nitrogens with one attached hydrogen (secondary N) is 1. The van der Waals surface area contributed by atoms with E-state index >= 15 is 0 Å². The summed E-state index contributed by atoms with van der Waals surface area (Å²) in [6, 6.07) is 19.2. The summed E-state index contributed by atoms with van der Waals surface area (Å²) in [6.07, 6.45) is -4.40. The van der Waals surface area contributed by atoms with Crippen LogP contribution < -0.4 is 10.2 Å². The Morgan fingerprint density at radius 1 is 0.871 bits per heavy atom. The highest BCUT2D eigenvalue weighted by atomic mass is 19.4. The molecule has 3 aromatic rings. The lowest BCUT2D eigenvalue weighted by molar-refractivity contribution is -0.137. The van der Waals surface area contributed by atoms with Gasteiger partial charge in [-0.3, -0.25) is 4.79 Å². The molecule has 0 aromatic heterocycles. The van der Waals surface area contributed by atoms with Gasteiger partial charge in [-0.15, -0.1) is 0 Å². The summed E-state index contributed by atoms with van der Waals surface area (Å²) in [5.41, 5.74) is 2.48. The molecule has 0 atom stereocenters. The monoisotopic (exact) mass is 426 g/mol. The summed E-state index contributed by atoms with van der Waals surface area (Å²) in [5.74, 6) is -0.324. The van der Waals surface area contributed by atoms with Crippen LogP contribution in [0.4, 0.5) is 24.5 Å². The molecule has 0 spiro atoms. The highest BCUT2D eigenvalue weighted by Gasteiger charge is 2.30. The Hall–Kier alpha value is -3.32. The van der Waals surface area contributed by atoms with E-state index in [0.29, 0.717) is 35.6 Å². The number of carbonyl (C=O) groups is 1. The van der Waals surface area contributed by atoms with Crippen molar-refractivity contribution in [1.29, 1.82) is 0 Å². The zero-order valence-corrected chi connectivity index (χ0v) is 16.7. The molecule has 0 saturated carbocycles. The van der Waals surface area contributed by atoms with Crippen molar-refractivity contribution in [2.45, 2.75) is 6.18 Å². The van der Waals surface area contributed by atoms with Crippen molar-refractivity contribution in [1.82, 2.24) is 0 Å². The molecule has 3 aromatic carbocycles. The van der Waals surface area contributed by atoms with Crippen LogP contribution in [0.3, 0.4) is 0 Å². The molecule has 1 fully saturated rings. The van der Waals surface area contributed by atoms with Crippen LogP contribution in [-0.4, -0.2) is 32.2 Å². The molecule has 1 aliphatic rings. The molecule has 0 aliphatic carbocycles. The largest absolute Gasteiger partial charge is 0.416 e. The number of alkyl halides is 3. The highest BCUT2D eigenvalue weighted by Crippen LogP contribution is 2.32. The van der Waals surface area contributed by atoms with Gasteiger partial charge in [0, 0.05) is 30.0 Å². The quantitative estimate of drug-likeness (QED) is 0.602. The summed E-state index contributed by atoms with van der Waals surface area (Å²) in [7, 11) is 0. The number of rotatable bonds is 4. The zero-order chi connectivity index (χ0) is 21.8. The standard InChI is InChI=1S/C24H21F3N2O2/c25-24(26,27)18-7-5-17(6-8-18)21-3-1-2-4-22(21)23(30)28-19-9-11-20(12-10-19)29-13-15-31-16-14-29/h1-12H,13-16H2,(H,28,30). The Kier molecular flexibility index (Phi) is 5.95. The number of hydrogen-bond donors (Lipinski definition) is 1. The van der Waals surface area contributed by atoms with Crippen LogP contribution in [0.15, 0.2) is 72.8 Å². The van der Waals surface area contributed by atoms with Gasteiger partial charge in [-0.25, -0.2) is 0 Å². The van der Waals surface area contributed by atoms with Crippen molar-refractivity contribution in [2.24, 2.45) is 0 Å². The summed E-state index contributed by atoms with van der Waals surface area (Å²) in [6.45, 7) is 3.04. The molecular formula is C24H21F3N2O2. The van der Waals surface area contributed by atoms with Crippen molar-refractivity contribution in [3.63, 3.8) is 0 Å². The highest BCUT2D eigenvalue weighted by molar-refractivity contribution is 6.08. The van der Waals surface area contributed by atoms with Gasteiger partial charge in [-0.1, -0.05) is 30.3 Å². The fourth-order valence-electron chi connectivity index (χ4n) is 3.55. The summed E-state index contributed by atoms with van der Waals surface area (Å²) in [4.78, 5) is 15.1. The van der Waals surface area contributed by atoms with Gasteiger partial charge >= 0.3 is 6.18 Å². The average molecular weight is 426 g/mol. The fourth-order valence-corrected chi connectivity index (χ4v) is 3.55. The van der Waals surface area contributed by atoms with Crippen LogP contribution in [-0.2, 0) is 10.9 Å². The molecule has 0 bridgehead atoms. The Labute approximate surface area is 178 Å². The summed E-state index contributed by atoms with van der Waals surface area (Å²) >= 11 is 0. The maximum atomic E-state index is 12.9. The number of ether oxygens (including phenoxy) is 1. The van der Waals surface area contributed by atoms with Crippen LogP contribution in [0.1, 0.15) is 15.9 Å². The maximum Gasteiger partial charge on any atom is 0.416 e. The third kappa shape index (κ3) is 4.88. The Balaban J connectivity index is 1.52. The SMILES string of the molecule is O=C(Nc1ccc(N2CCOCC2)cc1)c1ccccc1-c1ccc(C(F)(F)F)cc1. The van der Waals surface area contributed by atoms with Gasteiger partial charge in [0.05, 0.1) is 18.8 Å². The number of halogens is 3. The normalized spacial score (nSPS) is 14.4. The van der Waals surface area contributed by atoms with Gasteiger partial charge in [0.15, 0.2) is 0 Å². The van der Waals surface area contributed by atoms with Gasteiger partial charge < -0.3 is 15.0 Å². The van der Waals surface area contributed by atoms with Crippen molar-refractivity contribution < 1.29 is 22.7 Å². The Bertz CT molecular complexity index is 1040. The van der Waals surface area contributed by atoms with E-state index in [-0.39, 0.29) is 5.91 Å². The van der Waals surface area contributed by atoms with Crippen LogP contribution >= 0.6 is 0 Å². The van der Waals surface area contributed by atoms with Crippen LogP contribution in [0.25, 0.3) is 11.1 Å². The van der Waals surface area contributed by atoms with Crippen LogP contribution in [0.5, 0.6) is 0 Å². The Morgan fingerprint density at radius 2 is 1.52 bits per heavy atom. The number of amides is 1. The number of nitrogens with zero attached hydrogens (tertiary/aromatic N) is 1. The number of carbonyl (C=O) groups excluding carboxylic acids is 1. The van der Waals surface area contributed by atoms with Crippen molar-refractivity contribution in [3.05, 3.63) is 83.9 Å². The molecule has 4 rings (SSSR count). The van der Waals surface area contributed by atoms with Crippen LogP contribution in [0.2, 0.25) is 0 Å². The predicted octanol–water partition coefficient (Wildman–Crippen LogP) is 5.46. The molecule has 160 valence electrons. The minimum absolute atomic E-state index is 0.324. The molecule has 4 nitrogen and oxygen atoms in total. The van der Waals surface area contributed by atoms with Crippen molar-refractivity contribution >= 4 is 17.3 Å². The topological polar surface area (TPSA) is 41.6 Å². The molecule has 1 aliphatic heterocycles. The van der Waals surface area contributed by atoms with Gasteiger partial charge in [0.1, 0.15) is 0 Å². The first-order valence-electron chi connectivity index (χ1n) is 9.92. The summed E-state index contributed by atoms with van der Waals surface area (Å²) in [5, 5.41) is 2.87. The van der Waals surface area contributed by atoms with Gasteiger partial charge in [0.2, 0.25) is 0 Å². The smallest absolute Gasteiger partial charge is 0.378 e. The second-order valence-corrected chi connectivity index (χ2v) is 7.22. The van der Waals surface area contributed by atoms with Crippen molar-refractivity contribution in [3.8, 4) is 11.1 Å². The maximum absolute atomic E-state index is 12.9. The molecule has 1 N–H and O–H groups in total. The molecule has 0 unspecified atom stereocenters. The Morgan fingerprint density at radius 3 is 2.16 bits per heavy atom. The van der Waals surface area contributed by atoms with Gasteiger partial charge in [-0.05, 0) is 53.6 Å². The summed E-state index contributed by atoms with van der Waals surface area (Å²) < 4.78 is 43.9. The lowest BCUT2D eigenvalue weighted by atomic mass is 9.98. The van der Waals surface area contributed by atoms with Gasteiger partial charge in [-0.2, -0.15) is 13.2 Å². The van der Waals surface area contributed by atoms with E-state index in [0.717, 1.165) is 30.9 Å². The molecule has 31 heavy (non-hydrogen) atoms. The van der Waals surface area contributed by atoms with E-state index in [1.807, 2.05) is 24.3 Å². The fraction of sp³-hybridized carbons (Fsp3) is 0.208. The van der Waals surface area contributed by atoms with Crippen LogP contribution in [0, 0.1) is 0 Å². The third-order valence-electron chi connectivity index (χ3n) is 5.20. The molecule has 1 heterocycles. The molecular weight excluding hydrogens is 405 g/mol. The number of benzene rings is 3. The van der Waals surface area contributed by atoms with E-state index in [1.165, 1.54) is 12.1 Å². The lowest BCUT2D eigenvalue weighted by Crippen LogP contribution is -2.36. The molecule has 1 saturated heterocycles. The first-order valence-corrected chi connectivity index (χ1v) is 9.92. The number of hydrogen-bond acceptors (Lipinski definition) is 3. The van der Waals surface area contributed by atoms with Crippen molar-refractivity contribution in [2.75, 3.05) is 36.5 Å². The van der Waals surface area contributed by atoms with E-state index < -0.39 is 11.7 Å². The predicted molar refractivity (Wildman–Crippen MR) is 114 cm³/mol. The lowest BCUT2D eigenvalue weighted by Gasteiger charge is -2.28. The number of anilines is 2. The minimum atomic E-state index is -4.40. The first-order chi connectivity index (χ1) is 14.9. The van der Waals surface area contributed by atoms with Gasteiger partial charge in [0.25, 0.3) is 5.91 Å². The third-order valence-corrected chi connectivity index (χ3v) is 5.20. The second kappa shape index (κ2) is 8.81. The van der Waals surface area contributed by atoms with E-state index in [1.54, 1.807) is 24.3 Å². The molecule has 7 heteroatoms. The van der Waals surface area contributed by atoms with E-state index in [4.69, 9.17) is 4.74 Å². The average Bonchev–Trinajstić information content (AvgIpc) is 2.80. The second-order valence-electron chi connectivity index (χ2n) is 7.22. The minimum Gasteiger partial charge on any atom is -0.378 e. The number of morpholine rings is 1.